The molecule has 1 saturated heterocycles. The third-order valence-corrected chi connectivity index (χ3v) is 5.24. The molecule has 2 amide bonds. The molecule has 8 heteroatoms. The number of halogens is 2. The summed E-state index contributed by atoms with van der Waals surface area (Å²) in [6.07, 6.45) is 2.39. The highest BCUT2D eigenvalue weighted by Gasteiger charge is 2.23. The van der Waals surface area contributed by atoms with Crippen molar-refractivity contribution in [3.05, 3.63) is 27.7 Å². The van der Waals surface area contributed by atoms with Gasteiger partial charge in [-0.1, -0.05) is 23.2 Å². The smallest absolute Gasteiger partial charge is 0.223 e. The summed E-state index contributed by atoms with van der Waals surface area (Å²) in [6.45, 7) is 2.18. The maximum Gasteiger partial charge on any atom is 0.223 e. The fourth-order valence-electron chi connectivity index (χ4n) is 2.93. The number of aromatic hydroxyl groups is 1. The maximum atomic E-state index is 12.4. The number of benzene rings is 1. The standard InChI is InChI=1S/C18H24Cl2N2O4/c19-14-11-13(16(24)12-15(14)20)4-5-18(26)22-8-6-21(7-9-22)17(25)3-1-2-10-23/h11-12,23-24H,1-10H2. The van der Waals surface area contributed by atoms with E-state index in [1.54, 1.807) is 15.9 Å². The van der Waals surface area contributed by atoms with Crippen molar-refractivity contribution in [2.75, 3.05) is 32.8 Å². The number of carbonyl (C=O) groups excluding carboxylic acids is 2. The van der Waals surface area contributed by atoms with Gasteiger partial charge in [-0.25, -0.2) is 0 Å². The molecular formula is C18H24Cl2N2O4. The van der Waals surface area contributed by atoms with Crippen molar-refractivity contribution in [1.29, 1.82) is 0 Å². The Morgan fingerprint density at radius 3 is 2.04 bits per heavy atom. The molecular weight excluding hydrogens is 379 g/mol. The van der Waals surface area contributed by atoms with Gasteiger partial charge in [0.05, 0.1) is 10.0 Å². The molecule has 1 aliphatic heterocycles. The van der Waals surface area contributed by atoms with Crippen LogP contribution in [-0.2, 0) is 16.0 Å². The lowest BCUT2D eigenvalue weighted by molar-refractivity contribution is -0.139. The van der Waals surface area contributed by atoms with Gasteiger partial charge in [-0.2, -0.15) is 0 Å². The number of piperazine rings is 1. The molecule has 0 radical (unpaired) electrons. The predicted molar refractivity (Wildman–Crippen MR) is 101 cm³/mol. The molecule has 6 nitrogen and oxygen atoms in total. The Labute approximate surface area is 163 Å². The summed E-state index contributed by atoms with van der Waals surface area (Å²) in [5.41, 5.74) is 0.588. The van der Waals surface area contributed by atoms with Crippen LogP contribution in [-0.4, -0.2) is 64.6 Å². The molecule has 0 aliphatic carbocycles. The van der Waals surface area contributed by atoms with Gasteiger partial charge in [0, 0.05) is 51.7 Å². The molecule has 144 valence electrons. The van der Waals surface area contributed by atoms with Gasteiger partial charge in [0.1, 0.15) is 5.75 Å². The number of phenolic OH excluding ortho intramolecular Hbond substituents is 1. The second kappa shape index (κ2) is 10.00. The van der Waals surface area contributed by atoms with E-state index in [-0.39, 0.29) is 35.6 Å². The quantitative estimate of drug-likeness (QED) is 0.686. The molecule has 0 unspecified atom stereocenters. The van der Waals surface area contributed by atoms with E-state index in [2.05, 4.69) is 0 Å². The topological polar surface area (TPSA) is 81.1 Å². The Hall–Kier alpha value is -1.50. The first kappa shape index (κ1) is 20.8. The van der Waals surface area contributed by atoms with Crippen molar-refractivity contribution >= 4 is 35.0 Å². The van der Waals surface area contributed by atoms with Crippen molar-refractivity contribution in [1.82, 2.24) is 9.80 Å². The Bertz CT molecular complexity index is 646. The monoisotopic (exact) mass is 402 g/mol. The third-order valence-electron chi connectivity index (χ3n) is 4.51. The van der Waals surface area contributed by atoms with E-state index in [0.29, 0.717) is 62.4 Å². The van der Waals surface area contributed by atoms with Crippen LogP contribution in [0.15, 0.2) is 12.1 Å². The number of hydrogen-bond acceptors (Lipinski definition) is 4. The lowest BCUT2D eigenvalue weighted by Crippen LogP contribution is -2.50. The molecule has 1 aliphatic rings. The summed E-state index contributed by atoms with van der Waals surface area (Å²) < 4.78 is 0. The number of aliphatic hydroxyl groups excluding tert-OH is 1. The molecule has 0 saturated carbocycles. The van der Waals surface area contributed by atoms with Crippen LogP contribution in [0.5, 0.6) is 5.75 Å². The zero-order chi connectivity index (χ0) is 19.1. The van der Waals surface area contributed by atoms with Crippen molar-refractivity contribution < 1.29 is 19.8 Å². The molecule has 26 heavy (non-hydrogen) atoms. The summed E-state index contributed by atoms with van der Waals surface area (Å²) in [6, 6.07) is 2.96. The number of rotatable bonds is 7. The zero-order valence-corrected chi connectivity index (χ0v) is 16.1. The summed E-state index contributed by atoms with van der Waals surface area (Å²) >= 11 is 11.8. The summed E-state index contributed by atoms with van der Waals surface area (Å²) in [4.78, 5) is 27.9. The van der Waals surface area contributed by atoms with Crippen molar-refractivity contribution in [2.45, 2.75) is 32.1 Å². The Morgan fingerprint density at radius 2 is 1.46 bits per heavy atom. The second-order valence-electron chi connectivity index (χ2n) is 6.34. The van der Waals surface area contributed by atoms with Crippen LogP contribution in [0.1, 0.15) is 31.2 Å². The van der Waals surface area contributed by atoms with Crippen molar-refractivity contribution in [3.8, 4) is 5.75 Å². The maximum absolute atomic E-state index is 12.4. The number of unbranched alkanes of at least 4 members (excludes halogenated alkanes) is 1. The average molecular weight is 403 g/mol. The number of carbonyl (C=O) groups is 2. The number of aliphatic hydroxyl groups is 1. The van der Waals surface area contributed by atoms with Crippen LogP contribution in [0.25, 0.3) is 0 Å². The van der Waals surface area contributed by atoms with Crippen LogP contribution in [0.2, 0.25) is 10.0 Å². The lowest BCUT2D eigenvalue weighted by atomic mass is 10.1. The Kier molecular flexibility index (Phi) is 8.00. The average Bonchev–Trinajstić information content (AvgIpc) is 2.63. The summed E-state index contributed by atoms with van der Waals surface area (Å²) in [7, 11) is 0. The number of amides is 2. The van der Waals surface area contributed by atoms with Gasteiger partial charge in [-0.05, 0) is 30.9 Å². The van der Waals surface area contributed by atoms with E-state index in [1.165, 1.54) is 6.07 Å². The van der Waals surface area contributed by atoms with Gasteiger partial charge < -0.3 is 20.0 Å². The molecule has 0 atom stereocenters. The minimum Gasteiger partial charge on any atom is -0.508 e. The highest BCUT2D eigenvalue weighted by Crippen LogP contribution is 2.30. The highest BCUT2D eigenvalue weighted by atomic mass is 35.5. The van der Waals surface area contributed by atoms with E-state index in [9.17, 15) is 14.7 Å². The minimum absolute atomic E-state index is 0.0112. The number of nitrogens with zero attached hydrogens (tertiary/aromatic N) is 2. The summed E-state index contributed by atoms with van der Waals surface area (Å²) in [5, 5.41) is 19.3. The van der Waals surface area contributed by atoms with Gasteiger partial charge in [-0.15, -0.1) is 0 Å². The zero-order valence-electron chi connectivity index (χ0n) is 14.6. The molecule has 1 fully saturated rings. The van der Waals surface area contributed by atoms with E-state index in [0.717, 1.165) is 0 Å². The molecule has 0 aromatic heterocycles. The SMILES string of the molecule is O=C(CCCCO)N1CCN(C(=O)CCc2cc(Cl)c(Cl)cc2O)CC1. The van der Waals surface area contributed by atoms with E-state index < -0.39 is 0 Å². The highest BCUT2D eigenvalue weighted by molar-refractivity contribution is 6.42. The van der Waals surface area contributed by atoms with Crippen LogP contribution < -0.4 is 0 Å². The van der Waals surface area contributed by atoms with Crippen LogP contribution in [0.4, 0.5) is 0 Å². The first-order valence-corrected chi connectivity index (χ1v) is 9.51. The molecule has 2 rings (SSSR count). The second-order valence-corrected chi connectivity index (χ2v) is 7.15. The first-order valence-electron chi connectivity index (χ1n) is 8.75. The van der Waals surface area contributed by atoms with E-state index >= 15 is 0 Å². The minimum atomic E-state index is -0.0112. The predicted octanol–water partition coefficient (Wildman–Crippen LogP) is 2.46. The van der Waals surface area contributed by atoms with Crippen LogP contribution >= 0.6 is 23.2 Å². The Balaban J connectivity index is 1.78. The van der Waals surface area contributed by atoms with Gasteiger partial charge in [0.25, 0.3) is 0 Å². The number of phenols is 1. The molecule has 1 aromatic carbocycles. The number of aryl methyl sites for hydroxylation is 1. The molecule has 0 spiro atoms. The van der Waals surface area contributed by atoms with Gasteiger partial charge in [-0.3, -0.25) is 9.59 Å². The largest absolute Gasteiger partial charge is 0.508 e. The third kappa shape index (κ3) is 5.76. The molecule has 0 bridgehead atoms. The fourth-order valence-corrected chi connectivity index (χ4v) is 3.27. The number of hydrogen-bond donors (Lipinski definition) is 2. The van der Waals surface area contributed by atoms with E-state index in [1.807, 2.05) is 0 Å². The van der Waals surface area contributed by atoms with Crippen LogP contribution in [0, 0.1) is 0 Å². The van der Waals surface area contributed by atoms with E-state index in [4.69, 9.17) is 28.3 Å². The molecule has 1 heterocycles. The first-order chi connectivity index (χ1) is 12.4. The van der Waals surface area contributed by atoms with Gasteiger partial charge in [0.2, 0.25) is 11.8 Å². The van der Waals surface area contributed by atoms with Crippen molar-refractivity contribution in [3.63, 3.8) is 0 Å². The van der Waals surface area contributed by atoms with Gasteiger partial charge >= 0.3 is 0 Å². The summed E-state index contributed by atoms with van der Waals surface area (Å²) in [5.74, 6) is 0.0969. The van der Waals surface area contributed by atoms with Crippen molar-refractivity contribution in [2.24, 2.45) is 0 Å². The fraction of sp³-hybridized carbons (Fsp3) is 0.556. The van der Waals surface area contributed by atoms with Crippen LogP contribution in [0.3, 0.4) is 0 Å². The molecule has 1 aromatic rings. The molecule has 2 N–H and O–H groups in total. The lowest BCUT2D eigenvalue weighted by Gasteiger charge is -2.35. The van der Waals surface area contributed by atoms with Gasteiger partial charge in [0.15, 0.2) is 0 Å². The Morgan fingerprint density at radius 1 is 0.923 bits per heavy atom. The normalized spacial score (nSPS) is 14.6.